The molecule has 16 heavy (non-hydrogen) atoms. The third-order valence-electron chi connectivity index (χ3n) is 4.79. The van der Waals surface area contributed by atoms with Gasteiger partial charge in [-0.2, -0.15) is 0 Å². The summed E-state index contributed by atoms with van der Waals surface area (Å²) in [6, 6.07) is 0.597. The van der Waals surface area contributed by atoms with Crippen molar-refractivity contribution in [2.45, 2.75) is 57.3 Å². The van der Waals surface area contributed by atoms with E-state index in [1.165, 1.54) is 25.7 Å². The lowest BCUT2D eigenvalue weighted by atomic mass is 9.46. The second-order valence-electron chi connectivity index (χ2n) is 6.50. The predicted molar refractivity (Wildman–Crippen MR) is 62.2 cm³/mol. The van der Waals surface area contributed by atoms with E-state index in [1.807, 2.05) is 13.8 Å². The highest BCUT2D eigenvalue weighted by molar-refractivity contribution is 5.18. The summed E-state index contributed by atoms with van der Waals surface area (Å²) in [5.41, 5.74) is -0.165. The standard InChI is InChI=1S/C13H23NO2/c1-12(2,15)8-14-10-9-4-7-16-11(9)13(10)5-3-6-13/h9-11,14-15H,3-8H2,1-2H3. The summed E-state index contributed by atoms with van der Waals surface area (Å²) < 4.78 is 5.87. The molecule has 3 aliphatic rings. The van der Waals surface area contributed by atoms with Crippen molar-refractivity contribution in [3.63, 3.8) is 0 Å². The quantitative estimate of drug-likeness (QED) is 0.761. The Balaban J connectivity index is 1.65. The highest BCUT2D eigenvalue weighted by atomic mass is 16.5. The van der Waals surface area contributed by atoms with E-state index in [1.54, 1.807) is 0 Å². The number of hydrogen-bond acceptors (Lipinski definition) is 3. The first kappa shape index (κ1) is 11.0. The lowest BCUT2D eigenvalue weighted by Crippen LogP contribution is -2.71. The van der Waals surface area contributed by atoms with E-state index < -0.39 is 5.60 Å². The normalized spacial score (nSPS) is 40.3. The molecule has 0 amide bonds. The van der Waals surface area contributed by atoms with Crippen LogP contribution in [-0.2, 0) is 4.74 Å². The number of ether oxygens (including phenoxy) is 1. The number of fused-ring (bicyclic) bond motifs is 2. The average Bonchev–Trinajstić information content (AvgIpc) is 2.45. The van der Waals surface area contributed by atoms with E-state index in [9.17, 15) is 5.11 Å². The van der Waals surface area contributed by atoms with E-state index in [0.717, 1.165) is 6.61 Å². The first-order valence-electron chi connectivity index (χ1n) is 6.60. The Bertz CT molecular complexity index is 280. The van der Waals surface area contributed by atoms with E-state index in [0.29, 0.717) is 30.0 Å². The van der Waals surface area contributed by atoms with Gasteiger partial charge >= 0.3 is 0 Å². The van der Waals surface area contributed by atoms with Crippen molar-refractivity contribution >= 4 is 0 Å². The molecule has 3 nitrogen and oxygen atoms in total. The zero-order valence-corrected chi connectivity index (χ0v) is 10.3. The van der Waals surface area contributed by atoms with Gasteiger partial charge in [-0.05, 0) is 33.1 Å². The van der Waals surface area contributed by atoms with Gasteiger partial charge in [0.2, 0.25) is 0 Å². The van der Waals surface area contributed by atoms with Gasteiger partial charge < -0.3 is 15.2 Å². The first-order chi connectivity index (χ1) is 7.53. The maximum absolute atomic E-state index is 9.79. The molecule has 1 heterocycles. The van der Waals surface area contributed by atoms with Crippen molar-refractivity contribution in [1.29, 1.82) is 0 Å². The lowest BCUT2D eigenvalue weighted by Gasteiger charge is -2.63. The summed E-state index contributed by atoms with van der Waals surface area (Å²) in [7, 11) is 0. The summed E-state index contributed by atoms with van der Waals surface area (Å²) >= 11 is 0. The molecule has 0 aromatic heterocycles. The van der Waals surface area contributed by atoms with Crippen LogP contribution in [0.3, 0.4) is 0 Å². The van der Waals surface area contributed by atoms with E-state index in [4.69, 9.17) is 4.74 Å². The molecule has 3 heteroatoms. The summed E-state index contributed by atoms with van der Waals surface area (Å²) in [5.74, 6) is 0.711. The third-order valence-corrected chi connectivity index (χ3v) is 4.79. The molecular formula is C13H23NO2. The lowest BCUT2D eigenvalue weighted by molar-refractivity contribution is -0.178. The fraction of sp³-hybridized carbons (Fsp3) is 1.00. The number of hydrogen-bond donors (Lipinski definition) is 2. The van der Waals surface area contributed by atoms with Crippen LogP contribution in [0, 0.1) is 11.3 Å². The van der Waals surface area contributed by atoms with Gasteiger partial charge in [0.05, 0.1) is 11.7 Å². The topological polar surface area (TPSA) is 41.5 Å². The minimum atomic E-state index is -0.602. The van der Waals surface area contributed by atoms with Crippen LogP contribution in [0.4, 0.5) is 0 Å². The van der Waals surface area contributed by atoms with Gasteiger partial charge in [-0.1, -0.05) is 6.42 Å². The Morgan fingerprint density at radius 3 is 2.75 bits per heavy atom. The molecule has 2 saturated carbocycles. The fourth-order valence-electron chi connectivity index (χ4n) is 3.92. The molecule has 2 N–H and O–H groups in total. The Hall–Kier alpha value is -0.120. The molecule has 0 aromatic carbocycles. The smallest absolute Gasteiger partial charge is 0.0715 e. The number of nitrogens with one attached hydrogen (secondary N) is 1. The van der Waals surface area contributed by atoms with Crippen LogP contribution < -0.4 is 5.32 Å². The second kappa shape index (κ2) is 3.44. The predicted octanol–water partition coefficient (Wildman–Crippen LogP) is 1.30. The van der Waals surface area contributed by atoms with Crippen molar-refractivity contribution in [1.82, 2.24) is 5.32 Å². The largest absolute Gasteiger partial charge is 0.389 e. The Kier molecular flexibility index (Phi) is 2.36. The summed E-state index contributed by atoms with van der Waals surface area (Å²) in [4.78, 5) is 0. The minimum absolute atomic E-state index is 0.437. The van der Waals surface area contributed by atoms with Crippen molar-refractivity contribution in [3.05, 3.63) is 0 Å². The van der Waals surface area contributed by atoms with Gasteiger partial charge in [-0.3, -0.25) is 0 Å². The van der Waals surface area contributed by atoms with E-state index >= 15 is 0 Å². The molecule has 3 fully saturated rings. The monoisotopic (exact) mass is 225 g/mol. The van der Waals surface area contributed by atoms with Crippen LogP contribution in [0.5, 0.6) is 0 Å². The maximum Gasteiger partial charge on any atom is 0.0715 e. The van der Waals surface area contributed by atoms with Crippen LogP contribution >= 0.6 is 0 Å². The Labute approximate surface area is 97.6 Å². The van der Waals surface area contributed by atoms with Crippen LogP contribution in [0.1, 0.15) is 39.5 Å². The summed E-state index contributed by atoms with van der Waals surface area (Å²) in [6.45, 7) is 5.38. The van der Waals surface area contributed by atoms with E-state index in [2.05, 4.69) is 5.32 Å². The molecule has 0 bridgehead atoms. The SMILES string of the molecule is CC(C)(O)CNC1C2CCOC2C12CCC2. The fourth-order valence-corrected chi connectivity index (χ4v) is 3.92. The highest BCUT2D eigenvalue weighted by Crippen LogP contribution is 2.62. The zero-order chi connectivity index (χ0) is 11.4. The van der Waals surface area contributed by atoms with Crippen molar-refractivity contribution in [2.24, 2.45) is 11.3 Å². The Morgan fingerprint density at radius 2 is 2.19 bits per heavy atom. The average molecular weight is 225 g/mol. The van der Waals surface area contributed by atoms with Crippen LogP contribution in [0.15, 0.2) is 0 Å². The van der Waals surface area contributed by atoms with Gasteiger partial charge in [-0.15, -0.1) is 0 Å². The minimum Gasteiger partial charge on any atom is -0.389 e. The molecule has 3 atom stereocenters. The first-order valence-corrected chi connectivity index (χ1v) is 6.60. The van der Waals surface area contributed by atoms with Gasteiger partial charge in [0.25, 0.3) is 0 Å². The molecule has 0 aromatic rings. The van der Waals surface area contributed by atoms with Gasteiger partial charge in [0.1, 0.15) is 0 Å². The van der Waals surface area contributed by atoms with Gasteiger partial charge in [0, 0.05) is 30.5 Å². The molecule has 2 aliphatic carbocycles. The summed E-state index contributed by atoms with van der Waals surface area (Å²) in [5, 5.41) is 13.4. The molecule has 3 rings (SSSR count). The van der Waals surface area contributed by atoms with Gasteiger partial charge in [-0.25, -0.2) is 0 Å². The van der Waals surface area contributed by atoms with Crippen molar-refractivity contribution < 1.29 is 9.84 Å². The molecule has 1 aliphatic heterocycles. The molecule has 92 valence electrons. The highest BCUT2D eigenvalue weighted by Gasteiger charge is 2.66. The maximum atomic E-state index is 9.79. The molecule has 1 saturated heterocycles. The van der Waals surface area contributed by atoms with Crippen LogP contribution in [0.2, 0.25) is 0 Å². The van der Waals surface area contributed by atoms with Crippen molar-refractivity contribution in [3.8, 4) is 0 Å². The Morgan fingerprint density at radius 1 is 1.44 bits per heavy atom. The number of aliphatic hydroxyl groups is 1. The zero-order valence-electron chi connectivity index (χ0n) is 10.3. The van der Waals surface area contributed by atoms with Gasteiger partial charge in [0.15, 0.2) is 0 Å². The van der Waals surface area contributed by atoms with Crippen molar-refractivity contribution in [2.75, 3.05) is 13.2 Å². The molecular weight excluding hydrogens is 202 g/mol. The number of rotatable bonds is 3. The van der Waals surface area contributed by atoms with Crippen LogP contribution in [0.25, 0.3) is 0 Å². The molecule has 0 radical (unpaired) electrons. The summed E-state index contributed by atoms with van der Waals surface area (Å²) in [6.07, 6.45) is 5.72. The molecule has 3 unspecified atom stereocenters. The van der Waals surface area contributed by atoms with E-state index in [-0.39, 0.29) is 0 Å². The third kappa shape index (κ3) is 1.45. The van der Waals surface area contributed by atoms with Crippen LogP contribution in [-0.4, -0.2) is 36.0 Å². The molecule has 1 spiro atoms. The second-order valence-corrected chi connectivity index (χ2v) is 6.50.